The fourth-order valence-corrected chi connectivity index (χ4v) is 2.94. The summed E-state index contributed by atoms with van der Waals surface area (Å²) in [4.78, 5) is 18.9. The van der Waals surface area contributed by atoms with Crippen LogP contribution < -0.4 is 0 Å². The van der Waals surface area contributed by atoms with E-state index in [0.717, 1.165) is 18.4 Å². The van der Waals surface area contributed by atoms with E-state index in [1.165, 1.54) is 5.56 Å². The van der Waals surface area contributed by atoms with Crippen LogP contribution >= 0.6 is 0 Å². The summed E-state index contributed by atoms with van der Waals surface area (Å²) in [6.45, 7) is 8.02. The van der Waals surface area contributed by atoms with Crippen LogP contribution in [0.3, 0.4) is 0 Å². The van der Waals surface area contributed by atoms with Crippen LogP contribution in [-0.4, -0.2) is 44.8 Å². The summed E-state index contributed by atoms with van der Waals surface area (Å²) in [7, 11) is 1.77. The summed E-state index contributed by atoms with van der Waals surface area (Å²) in [6, 6.07) is 8.42. The molecule has 1 aliphatic rings. The summed E-state index contributed by atoms with van der Waals surface area (Å²) in [6.07, 6.45) is 3.26. The molecule has 0 spiro atoms. The fraction of sp³-hybridized carbons (Fsp3) is 0.526. The molecule has 2 heterocycles. The first-order valence-electron chi connectivity index (χ1n) is 8.93. The Kier molecular flexibility index (Phi) is 7.13. The molecule has 1 aromatic heterocycles. The molecule has 1 fully saturated rings. The molecule has 0 saturated carbocycles. The molecule has 1 saturated heterocycles. The number of nitrogens with zero attached hydrogens (tertiary/aromatic N) is 4. The lowest BCUT2D eigenvalue weighted by molar-refractivity contribution is 0.0260. The van der Waals surface area contributed by atoms with Crippen LogP contribution in [0.4, 0.5) is 0 Å². The molecule has 0 atom stereocenters. The van der Waals surface area contributed by atoms with Crippen LogP contribution in [0.25, 0.3) is 0 Å². The van der Waals surface area contributed by atoms with Crippen molar-refractivity contribution in [2.45, 2.75) is 46.2 Å². The van der Waals surface area contributed by atoms with Crippen molar-refractivity contribution >= 4 is 5.91 Å². The number of aryl methyl sites for hydroxylation is 2. The Labute approximate surface area is 149 Å². The first-order chi connectivity index (χ1) is 12.1. The van der Waals surface area contributed by atoms with Gasteiger partial charge in [0.05, 0.1) is 0 Å². The second-order valence-corrected chi connectivity index (χ2v) is 6.01. The molecule has 0 unspecified atom stereocenters. The largest absolute Gasteiger partial charge is 0.381 e. The van der Waals surface area contributed by atoms with Crippen molar-refractivity contribution < 1.29 is 9.53 Å². The molecule has 6 nitrogen and oxygen atoms in total. The topological polar surface area (TPSA) is 60.2 Å². The molecule has 0 bridgehead atoms. The van der Waals surface area contributed by atoms with Gasteiger partial charge in [-0.05, 0) is 25.3 Å². The number of hydrogen-bond donors (Lipinski definition) is 0. The Morgan fingerprint density at radius 2 is 2.04 bits per heavy atom. The van der Waals surface area contributed by atoms with E-state index < -0.39 is 0 Å². The Balaban J connectivity index is 0.00000109. The van der Waals surface area contributed by atoms with E-state index in [1.54, 1.807) is 18.1 Å². The van der Waals surface area contributed by atoms with Gasteiger partial charge in [-0.2, -0.15) is 0 Å². The number of aromatic nitrogens is 3. The van der Waals surface area contributed by atoms with Gasteiger partial charge in [0, 0.05) is 32.8 Å². The van der Waals surface area contributed by atoms with Crippen molar-refractivity contribution in [3.63, 3.8) is 0 Å². The van der Waals surface area contributed by atoms with Gasteiger partial charge in [-0.1, -0.05) is 43.7 Å². The molecule has 6 heteroatoms. The predicted octanol–water partition coefficient (Wildman–Crippen LogP) is 2.97. The summed E-state index contributed by atoms with van der Waals surface area (Å²) >= 11 is 0. The molecular weight excluding hydrogens is 316 g/mol. The highest BCUT2D eigenvalue weighted by Gasteiger charge is 2.28. The molecule has 2 aromatic rings. The van der Waals surface area contributed by atoms with Gasteiger partial charge in [-0.3, -0.25) is 9.48 Å². The maximum Gasteiger partial charge on any atom is 0.294 e. The first-order valence-corrected chi connectivity index (χ1v) is 8.93. The van der Waals surface area contributed by atoms with Crippen LogP contribution in [0.1, 0.15) is 48.4 Å². The number of carbonyl (C=O) groups is 1. The molecule has 3 rings (SSSR count). The third-order valence-electron chi connectivity index (χ3n) is 4.12. The van der Waals surface area contributed by atoms with Crippen LogP contribution in [0.5, 0.6) is 0 Å². The van der Waals surface area contributed by atoms with Crippen LogP contribution in [0, 0.1) is 6.92 Å². The Morgan fingerprint density at radius 1 is 1.32 bits per heavy atom. The van der Waals surface area contributed by atoms with Gasteiger partial charge in [0.15, 0.2) is 0 Å². The highest BCUT2D eigenvalue weighted by atomic mass is 16.5. The second-order valence-electron chi connectivity index (χ2n) is 6.01. The SMILES string of the molecule is CC.Cc1cccc(CN(C(=O)c2ncn(C)n2)C2CCOCC2)c1. The zero-order chi connectivity index (χ0) is 18.2. The molecule has 1 aromatic carbocycles. The van der Waals surface area contributed by atoms with Gasteiger partial charge < -0.3 is 9.64 Å². The number of ether oxygens (including phenoxy) is 1. The predicted molar refractivity (Wildman–Crippen MR) is 97.2 cm³/mol. The monoisotopic (exact) mass is 344 g/mol. The fourth-order valence-electron chi connectivity index (χ4n) is 2.94. The van der Waals surface area contributed by atoms with Crippen molar-refractivity contribution in [1.82, 2.24) is 19.7 Å². The smallest absolute Gasteiger partial charge is 0.294 e. The number of amides is 1. The third-order valence-corrected chi connectivity index (χ3v) is 4.12. The Morgan fingerprint density at radius 3 is 2.64 bits per heavy atom. The highest BCUT2D eigenvalue weighted by Crippen LogP contribution is 2.20. The van der Waals surface area contributed by atoms with Gasteiger partial charge in [0.1, 0.15) is 6.33 Å². The highest BCUT2D eigenvalue weighted by molar-refractivity contribution is 5.90. The van der Waals surface area contributed by atoms with Crippen LogP contribution in [0.15, 0.2) is 30.6 Å². The van der Waals surface area contributed by atoms with E-state index in [-0.39, 0.29) is 17.8 Å². The Hall–Kier alpha value is -2.21. The zero-order valence-corrected chi connectivity index (χ0v) is 15.6. The lowest BCUT2D eigenvalue weighted by Crippen LogP contribution is -2.43. The molecule has 136 valence electrons. The summed E-state index contributed by atoms with van der Waals surface area (Å²) < 4.78 is 6.99. The average molecular weight is 344 g/mol. The van der Waals surface area contributed by atoms with E-state index in [1.807, 2.05) is 24.8 Å². The van der Waals surface area contributed by atoms with Gasteiger partial charge in [0.2, 0.25) is 5.82 Å². The molecule has 1 amide bonds. The number of rotatable bonds is 4. The van der Waals surface area contributed by atoms with Crippen molar-refractivity contribution in [3.8, 4) is 0 Å². The molecule has 0 radical (unpaired) electrons. The van der Waals surface area contributed by atoms with Gasteiger partial charge >= 0.3 is 0 Å². The summed E-state index contributed by atoms with van der Waals surface area (Å²) in [5.41, 5.74) is 2.32. The summed E-state index contributed by atoms with van der Waals surface area (Å²) in [5, 5.41) is 4.17. The average Bonchev–Trinajstić information content (AvgIpc) is 3.08. The maximum absolute atomic E-state index is 12.9. The molecule has 25 heavy (non-hydrogen) atoms. The van der Waals surface area contributed by atoms with Crippen molar-refractivity contribution in [1.29, 1.82) is 0 Å². The van der Waals surface area contributed by atoms with Gasteiger partial charge in [-0.15, -0.1) is 5.10 Å². The van der Waals surface area contributed by atoms with E-state index >= 15 is 0 Å². The quantitative estimate of drug-likeness (QED) is 0.855. The minimum Gasteiger partial charge on any atom is -0.381 e. The minimum absolute atomic E-state index is 0.112. The van der Waals surface area contributed by atoms with Crippen LogP contribution in [0.2, 0.25) is 0 Å². The van der Waals surface area contributed by atoms with E-state index in [9.17, 15) is 4.79 Å². The second kappa shape index (κ2) is 9.32. The normalized spacial score (nSPS) is 14.6. The molecule has 0 aliphatic carbocycles. The van der Waals surface area contributed by atoms with Gasteiger partial charge in [0.25, 0.3) is 5.91 Å². The molecule has 0 N–H and O–H groups in total. The number of carbonyl (C=O) groups excluding carboxylic acids is 1. The minimum atomic E-state index is -0.112. The summed E-state index contributed by atoms with van der Waals surface area (Å²) in [5.74, 6) is 0.144. The lowest BCUT2D eigenvalue weighted by atomic mass is 10.0. The molecular formula is C19H28N4O2. The third kappa shape index (κ3) is 5.13. The van der Waals surface area contributed by atoms with Crippen LogP contribution in [-0.2, 0) is 18.3 Å². The van der Waals surface area contributed by atoms with E-state index in [2.05, 4.69) is 35.2 Å². The first kappa shape index (κ1) is 19.1. The van der Waals surface area contributed by atoms with E-state index in [0.29, 0.717) is 19.8 Å². The van der Waals surface area contributed by atoms with Gasteiger partial charge in [-0.25, -0.2) is 4.98 Å². The Bertz CT molecular complexity index is 678. The van der Waals surface area contributed by atoms with Crippen molar-refractivity contribution in [2.75, 3.05) is 13.2 Å². The van der Waals surface area contributed by atoms with Crippen molar-refractivity contribution in [3.05, 3.63) is 47.5 Å². The maximum atomic E-state index is 12.9. The zero-order valence-electron chi connectivity index (χ0n) is 15.6. The van der Waals surface area contributed by atoms with Crippen molar-refractivity contribution in [2.24, 2.45) is 7.05 Å². The number of benzene rings is 1. The standard InChI is InChI=1S/C17H22N4O2.C2H6/c1-13-4-3-5-14(10-13)11-21(15-6-8-23-9-7-15)17(22)16-18-12-20(2)19-16;1-2/h3-5,10,12,15H,6-9,11H2,1-2H3;1-2H3. The number of hydrogen-bond acceptors (Lipinski definition) is 4. The lowest BCUT2D eigenvalue weighted by Gasteiger charge is -2.33. The molecule has 1 aliphatic heterocycles. The van der Waals surface area contributed by atoms with E-state index in [4.69, 9.17) is 4.74 Å².